The zero-order chi connectivity index (χ0) is 17.0. The van der Waals surface area contributed by atoms with Gasteiger partial charge < -0.3 is 9.64 Å². The van der Waals surface area contributed by atoms with Crippen LogP contribution in [0.5, 0.6) is 5.88 Å². The van der Waals surface area contributed by atoms with Gasteiger partial charge in [0.1, 0.15) is 9.84 Å². The van der Waals surface area contributed by atoms with Crippen LogP contribution < -0.4 is 4.74 Å². The van der Waals surface area contributed by atoms with Crippen molar-refractivity contribution in [3.05, 3.63) is 23.9 Å². The number of ether oxygens (including phenoxy) is 1. The molecule has 0 saturated carbocycles. The largest absolute Gasteiger partial charge is 0.477 e. The van der Waals surface area contributed by atoms with Crippen LogP contribution >= 0.6 is 0 Å². The van der Waals surface area contributed by atoms with E-state index in [-0.39, 0.29) is 0 Å². The zero-order valence-corrected chi connectivity index (χ0v) is 15.3. The van der Waals surface area contributed by atoms with E-state index in [0.29, 0.717) is 23.3 Å². The second-order valence-electron chi connectivity index (χ2n) is 7.28. The van der Waals surface area contributed by atoms with Crippen LogP contribution in [0.15, 0.2) is 18.3 Å². The molecule has 3 heterocycles. The Hall–Kier alpha value is -1.14. The first-order valence-corrected chi connectivity index (χ1v) is 10.8. The van der Waals surface area contributed by atoms with Crippen molar-refractivity contribution in [2.75, 3.05) is 37.7 Å². The lowest BCUT2D eigenvalue weighted by Gasteiger charge is -2.35. The summed E-state index contributed by atoms with van der Waals surface area (Å²) in [6, 6.07) is 3.95. The van der Waals surface area contributed by atoms with Gasteiger partial charge in [0.2, 0.25) is 5.88 Å². The molecule has 0 spiro atoms. The number of hydrogen-bond acceptors (Lipinski definition) is 5. The first-order valence-electron chi connectivity index (χ1n) is 8.99. The summed E-state index contributed by atoms with van der Waals surface area (Å²) in [5.41, 5.74) is 1.09. The summed E-state index contributed by atoms with van der Waals surface area (Å²) in [6.45, 7) is 6.02. The van der Waals surface area contributed by atoms with E-state index in [9.17, 15) is 8.42 Å². The van der Waals surface area contributed by atoms with E-state index >= 15 is 0 Å². The Balaban J connectivity index is 1.38. The molecule has 6 heteroatoms. The SMILES string of the molecule is Cc1cccnc1OCC1CCN(CC2CCS(=O)(=O)CC2)CC1. The molecular weight excluding hydrogens is 324 g/mol. The first kappa shape index (κ1) is 17.7. The molecule has 24 heavy (non-hydrogen) atoms. The molecule has 0 aromatic carbocycles. The molecule has 5 nitrogen and oxygen atoms in total. The summed E-state index contributed by atoms with van der Waals surface area (Å²) in [5.74, 6) is 2.66. The predicted octanol–water partition coefficient (Wildman–Crippen LogP) is 2.31. The number of aryl methyl sites for hydroxylation is 1. The van der Waals surface area contributed by atoms with Gasteiger partial charge in [-0.1, -0.05) is 6.07 Å². The van der Waals surface area contributed by atoms with Gasteiger partial charge in [0.05, 0.1) is 18.1 Å². The fraction of sp³-hybridized carbons (Fsp3) is 0.722. The number of piperidine rings is 1. The normalized spacial score (nSPS) is 23.2. The molecule has 0 atom stereocenters. The molecule has 134 valence electrons. The Labute approximate surface area is 145 Å². The maximum atomic E-state index is 11.5. The van der Waals surface area contributed by atoms with Crippen molar-refractivity contribution in [3.63, 3.8) is 0 Å². The Morgan fingerprint density at radius 1 is 1.17 bits per heavy atom. The number of aromatic nitrogens is 1. The highest BCUT2D eigenvalue weighted by molar-refractivity contribution is 7.91. The van der Waals surface area contributed by atoms with E-state index in [1.165, 1.54) is 0 Å². The van der Waals surface area contributed by atoms with Crippen molar-refractivity contribution in [3.8, 4) is 5.88 Å². The van der Waals surface area contributed by atoms with Gasteiger partial charge in [-0.2, -0.15) is 0 Å². The van der Waals surface area contributed by atoms with Crippen LogP contribution in [0.3, 0.4) is 0 Å². The second-order valence-corrected chi connectivity index (χ2v) is 9.58. The van der Waals surface area contributed by atoms with E-state index in [1.54, 1.807) is 6.20 Å². The summed E-state index contributed by atoms with van der Waals surface area (Å²) in [6.07, 6.45) is 5.75. The van der Waals surface area contributed by atoms with E-state index in [0.717, 1.165) is 63.4 Å². The average molecular weight is 353 g/mol. The van der Waals surface area contributed by atoms with Crippen molar-refractivity contribution in [2.24, 2.45) is 11.8 Å². The van der Waals surface area contributed by atoms with Gasteiger partial charge in [-0.15, -0.1) is 0 Å². The molecule has 0 amide bonds. The van der Waals surface area contributed by atoms with E-state index in [1.807, 2.05) is 19.1 Å². The number of sulfone groups is 1. The maximum Gasteiger partial charge on any atom is 0.216 e. The number of rotatable bonds is 5. The Kier molecular flexibility index (Phi) is 5.76. The lowest BCUT2D eigenvalue weighted by molar-refractivity contribution is 0.123. The lowest BCUT2D eigenvalue weighted by Crippen LogP contribution is -2.40. The van der Waals surface area contributed by atoms with Crippen LogP contribution in [0.2, 0.25) is 0 Å². The smallest absolute Gasteiger partial charge is 0.216 e. The lowest BCUT2D eigenvalue weighted by atomic mass is 9.95. The second kappa shape index (κ2) is 7.83. The Morgan fingerprint density at radius 2 is 1.88 bits per heavy atom. The molecule has 0 aliphatic carbocycles. The highest BCUT2D eigenvalue weighted by Gasteiger charge is 2.27. The third-order valence-corrected chi connectivity index (χ3v) is 7.03. The molecule has 0 radical (unpaired) electrons. The van der Waals surface area contributed by atoms with Crippen LogP contribution in [-0.4, -0.2) is 56.0 Å². The Morgan fingerprint density at radius 3 is 2.54 bits per heavy atom. The van der Waals surface area contributed by atoms with Crippen molar-refractivity contribution in [2.45, 2.75) is 32.6 Å². The van der Waals surface area contributed by atoms with Crippen molar-refractivity contribution >= 4 is 9.84 Å². The van der Waals surface area contributed by atoms with Crippen LogP contribution in [0, 0.1) is 18.8 Å². The predicted molar refractivity (Wildman–Crippen MR) is 95.0 cm³/mol. The molecule has 3 rings (SSSR count). The average Bonchev–Trinajstić information content (AvgIpc) is 2.57. The van der Waals surface area contributed by atoms with Crippen molar-refractivity contribution in [1.29, 1.82) is 0 Å². The third kappa shape index (κ3) is 4.93. The number of pyridine rings is 1. The number of likely N-dealkylation sites (tertiary alicyclic amines) is 1. The first-order chi connectivity index (χ1) is 11.5. The minimum Gasteiger partial charge on any atom is -0.477 e. The van der Waals surface area contributed by atoms with E-state index in [4.69, 9.17) is 4.74 Å². The molecular formula is C18H28N2O3S. The molecule has 1 aromatic heterocycles. The van der Waals surface area contributed by atoms with Crippen molar-refractivity contribution < 1.29 is 13.2 Å². The highest BCUT2D eigenvalue weighted by Crippen LogP contribution is 2.24. The van der Waals surface area contributed by atoms with Crippen molar-refractivity contribution in [1.82, 2.24) is 9.88 Å². The number of nitrogens with zero attached hydrogens (tertiary/aromatic N) is 2. The van der Waals surface area contributed by atoms with E-state index < -0.39 is 9.84 Å². The highest BCUT2D eigenvalue weighted by atomic mass is 32.2. The van der Waals surface area contributed by atoms with E-state index in [2.05, 4.69) is 9.88 Å². The van der Waals surface area contributed by atoms with Gasteiger partial charge in [-0.05, 0) is 63.6 Å². The minimum absolute atomic E-state index is 0.380. The van der Waals surface area contributed by atoms with Gasteiger partial charge >= 0.3 is 0 Å². The molecule has 2 aliphatic heterocycles. The standard InChI is InChI=1S/C18H28N2O3S/c1-15-3-2-8-19-18(15)23-14-17-4-9-20(10-5-17)13-16-6-11-24(21,22)12-7-16/h2-3,8,16-17H,4-7,9-14H2,1H3. The Bertz CT molecular complexity index is 625. The maximum absolute atomic E-state index is 11.5. The molecule has 1 aromatic rings. The summed E-state index contributed by atoms with van der Waals surface area (Å²) in [5, 5.41) is 0. The molecule has 2 saturated heterocycles. The van der Waals surface area contributed by atoms with Crippen LogP contribution in [-0.2, 0) is 9.84 Å². The number of hydrogen-bond donors (Lipinski definition) is 0. The quantitative estimate of drug-likeness (QED) is 0.814. The summed E-state index contributed by atoms with van der Waals surface area (Å²) >= 11 is 0. The molecule has 2 fully saturated rings. The topological polar surface area (TPSA) is 59.5 Å². The molecule has 0 N–H and O–H groups in total. The summed E-state index contributed by atoms with van der Waals surface area (Å²) in [4.78, 5) is 6.79. The fourth-order valence-electron chi connectivity index (χ4n) is 3.64. The molecule has 0 bridgehead atoms. The third-order valence-electron chi connectivity index (χ3n) is 5.31. The monoisotopic (exact) mass is 352 g/mol. The summed E-state index contributed by atoms with van der Waals surface area (Å²) in [7, 11) is -2.74. The van der Waals surface area contributed by atoms with Crippen LogP contribution in [0.4, 0.5) is 0 Å². The van der Waals surface area contributed by atoms with Gasteiger partial charge in [0.25, 0.3) is 0 Å². The fourth-order valence-corrected chi connectivity index (χ4v) is 5.23. The zero-order valence-electron chi connectivity index (χ0n) is 14.5. The minimum atomic E-state index is -2.74. The van der Waals surface area contributed by atoms with Crippen LogP contribution in [0.1, 0.15) is 31.2 Å². The van der Waals surface area contributed by atoms with Gasteiger partial charge in [-0.25, -0.2) is 13.4 Å². The molecule has 2 aliphatic rings. The summed E-state index contributed by atoms with van der Waals surface area (Å²) < 4.78 is 28.9. The van der Waals surface area contributed by atoms with Gasteiger partial charge in [0, 0.05) is 18.3 Å². The van der Waals surface area contributed by atoms with Crippen LogP contribution in [0.25, 0.3) is 0 Å². The van der Waals surface area contributed by atoms with Gasteiger partial charge in [0.15, 0.2) is 0 Å². The molecule has 0 unspecified atom stereocenters. The van der Waals surface area contributed by atoms with Gasteiger partial charge in [-0.3, -0.25) is 0 Å².